The lowest BCUT2D eigenvalue weighted by atomic mass is 10.2. The first-order chi connectivity index (χ1) is 6.88. The van der Waals surface area contributed by atoms with Crippen molar-refractivity contribution in [1.29, 1.82) is 0 Å². The van der Waals surface area contributed by atoms with Crippen LogP contribution >= 0.6 is 0 Å². The minimum Gasteiger partial charge on any atom is -0.491 e. The largest absolute Gasteiger partial charge is 0.491 e. The Balaban J connectivity index is 2.60. The molecule has 78 valence electrons. The molecule has 0 amide bonds. The monoisotopic (exact) mass is 195 g/mol. The standard InChI is InChI=1S/C11H17NO2/c1-2-12-9-10-5-3-4-6-11(10)14-8-7-13/h3-6,12-13H,2,7-9H2,1H3. The fourth-order valence-electron chi connectivity index (χ4n) is 1.21. The van der Waals surface area contributed by atoms with Gasteiger partial charge >= 0.3 is 0 Å². The molecule has 3 heteroatoms. The molecule has 0 unspecified atom stereocenters. The third kappa shape index (κ3) is 3.36. The Morgan fingerprint density at radius 1 is 1.36 bits per heavy atom. The average Bonchev–Trinajstić information content (AvgIpc) is 2.24. The van der Waals surface area contributed by atoms with E-state index < -0.39 is 0 Å². The lowest BCUT2D eigenvalue weighted by Gasteiger charge is -2.10. The van der Waals surface area contributed by atoms with Crippen molar-refractivity contribution in [3.8, 4) is 5.75 Å². The Bertz CT molecular complexity index is 236. The third-order valence-electron chi connectivity index (χ3n) is 1.89. The van der Waals surface area contributed by atoms with E-state index in [2.05, 4.69) is 12.2 Å². The maximum Gasteiger partial charge on any atom is 0.123 e. The number of benzene rings is 1. The first kappa shape index (κ1) is 11.0. The van der Waals surface area contributed by atoms with Gasteiger partial charge in [-0.3, -0.25) is 0 Å². The summed E-state index contributed by atoms with van der Waals surface area (Å²) >= 11 is 0. The van der Waals surface area contributed by atoms with E-state index in [9.17, 15) is 0 Å². The molecule has 0 spiro atoms. The molecule has 0 saturated carbocycles. The molecule has 14 heavy (non-hydrogen) atoms. The molecule has 0 aliphatic carbocycles. The van der Waals surface area contributed by atoms with E-state index >= 15 is 0 Å². The summed E-state index contributed by atoms with van der Waals surface area (Å²) in [6.07, 6.45) is 0. The van der Waals surface area contributed by atoms with Gasteiger partial charge < -0.3 is 15.2 Å². The molecule has 0 aromatic heterocycles. The highest BCUT2D eigenvalue weighted by atomic mass is 16.5. The van der Waals surface area contributed by atoms with Gasteiger partial charge in [0.25, 0.3) is 0 Å². The van der Waals surface area contributed by atoms with Crippen molar-refractivity contribution in [3.05, 3.63) is 29.8 Å². The van der Waals surface area contributed by atoms with Crippen LogP contribution in [0.2, 0.25) is 0 Å². The number of rotatable bonds is 6. The van der Waals surface area contributed by atoms with E-state index in [4.69, 9.17) is 9.84 Å². The van der Waals surface area contributed by atoms with Crippen LogP contribution in [0, 0.1) is 0 Å². The highest BCUT2D eigenvalue weighted by Crippen LogP contribution is 2.17. The van der Waals surface area contributed by atoms with E-state index in [0.717, 1.165) is 24.4 Å². The summed E-state index contributed by atoms with van der Waals surface area (Å²) in [6.45, 7) is 4.21. The summed E-state index contributed by atoms with van der Waals surface area (Å²) < 4.78 is 5.39. The summed E-state index contributed by atoms with van der Waals surface area (Å²) in [5.41, 5.74) is 1.13. The third-order valence-corrected chi connectivity index (χ3v) is 1.89. The second kappa shape index (κ2) is 6.40. The number of aliphatic hydroxyl groups excluding tert-OH is 1. The Labute approximate surface area is 84.7 Å². The molecule has 3 nitrogen and oxygen atoms in total. The number of hydrogen-bond acceptors (Lipinski definition) is 3. The molecule has 1 aromatic carbocycles. The number of aliphatic hydroxyl groups is 1. The SMILES string of the molecule is CCNCc1ccccc1OCCO. The molecule has 0 bridgehead atoms. The van der Waals surface area contributed by atoms with E-state index in [1.54, 1.807) is 0 Å². The predicted octanol–water partition coefficient (Wildman–Crippen LogP) is 1.17. The summed E-state index contributed by atoms with van der Waals surface area (Å²) in [5, 5.41) is 11.9. The summed E-state index contributed by atoms with van der Waals surface area (Å²) in [4.78, 5) is 0. The van der Waals surface area contributed by atoms with Crippen LogP contribution in [0.1, 0.15) is 12.5 Å². The Hall–Kier alpha value is -1.06. The van der Waals surface area contributed by atoms with Crippen LogP contribution in [0.4, 0.5) is 0 Å². The number of nitrogens with one attached hydrogen (secondary N) is 1. The first-order valence-electron chi connectivity index (χ1n) is 4.90. The van der Waals surface area contributed by atoms with E-state index in [1.165, 1.54) is 0 Å². The van der Waals surface area contributed by atoms with Gasteiger partial charge in [-0.1, -0.05) is 25.1 Å². The Kier molecular flexibility index (Phi) is 5.04. The highest BCUT2D eigenvalue weighted by molar-refractivity contribution is 5.33. The van der Waals surface area contributed by atoms with Gasteiger partial charge in [-0.05, 0) is 12.6 Å². The lowest BCUT2D eigenvalue weighted by molar-refractivity contribution is 0.200. The fraction of sp³-hybridized carbons (Fsp3) is 0.455. The normalized spacial score (nSPS) is 10.1. The van der Waals surface area contributed by atoms with E-state index in [0.29, 0.717) is 6.61 Å². The van der Waals surface area contributed by atoms with Crippen molar-refractivity contribution in [1.82, 2.24) is 5.32 Å². The van der Waals surface area contributed by atoms with Gasteiger partial charge in [0, 0.05) is 12.1 Å². The van der Waals surface area contributed by atoms with Crippen molar-refractivity contribution >= 4 is 0 Å². The Morgan fingerprint density at radius 3 is 2.86 bits per heavy atom. The Morgan fingerprint density at radius 2 is 2.14 bits per heavy atom. The second-order valence-corrected chi connectivity index (χ2v) is 2.96. The molecule has 0 atom stereocenters. The van der Waals surface area contributed by atoms with Gasteiger partial charge in [0.2, 0.25) is 0 Å². The quantitative estimate of drug-likeness (QED) is 0.716. The molecule has 2 N–H and O–H groups in total. The molecular formula is C11H17NO2. The minimum absolute atomic E-state index is 0.0511. The van der Waals surface area contributed by atoms with Crippen LogP contribution in [0.15, 0.2) is 24.3 Å². The van der Waals surface area contributed by atoms with Crippen LogP contribution in [0.3, 0.4) is 0 Å². The van der Waals surface area contributed by atoms with Crippen molar-refractivity contribution in [2.24, 2.45) is 0 Å². The van der Waals surface area contributed by atoms with Crippen LogP contribution in [-0.2, 0) is 6.54 Å². The van der Waals surface area contributed by atoms with Crippen LogP contribution < -0.4 is 10.1 Å². The molecule has 1 rings (SSSR count). The van der Waals surface area contributed by atoms with Gasteiger partial charge in [-0.15, -0.1) is 0 Å². The summed E-state index contributed by atoms with van der Waals surface area (Å²) in [7, 11) is 0. The van der Waals surface area contributed by atoms with Gasteiger partial charge in [-0.25, -0.2) is 0 Å². The van der Waals surface area contributed by atoms with Crippen LogP contribution in [0.5, 0.6) is 5.75 Å². The number of para-hydroxylation sites is 1. The topological polar surface area (TPSA) is 41.5 Å². The number of hydrogen-bond donors (Lipinski definition) is 2. The zero-order valence-electron chi connectivity index (χ0n) is 8.49. The van der Waals surface area contributed by atoms with E-state index in [1.807, 2.05) is 24.3 Å². The molecule has 0 aliphatic heterocycles. The van der Waals surface area contributed by atoms with Crippen molar-refractivity contribution in [3.63, 3.8) is 0 Å². The predicted molar refractivity (Wildman–Crippen MR) is 56.4 cm³/mol. The zero-order chi connectivity index (χ0) is 10.2. The molecule has 0 heterocycles. The van der Waals surface area contributed by atoms with E-state index in [-0.39, 0.29) is 6.61 Å². The number of ether oxygens (including phenoxy) is 1. The molecule has 1 aromatic rings. The summed E-state index contributed by atoms with van der Waals surface area (Å²) in [5.74, 6) is 0.850. The molecular weight excluding hydrogens is 178 g/mol. The molecule has 0 fully saturated rings. The van der Waals surface area contributed by atoms with Crippen molar-refractivity contribution in [2.45, 2.75) is 13.5 Å². The van der Waals surface area contributed by atoms with Crippen molar-refractivity contribution < 1.29 is 9.84 Å². The van der Waals surface area contributed by atoms with Crippen LogP contribution in [0.25, 0.3) is 0 Å². The molecule has 0 aliphatic rings. The van der Waals surface area contributed by atoms with Gasteiger partial charge in [0.1, 0.15) is 12.4 Å². The second-order valence-electron chi connectivity index (χ2n) is 2.96. The smallest absolute Gasteiger partial charge is 0.123 e. The first-order valence-corrected chi connectivity index (χ1v) is 4.90. The van der Waals surface area contributed by atoms with Gasteiger partial charge in [-0.2, -0.15) is 0 Å². The minimum atomic E-state index is 0.0511. The fourth-order valence-corrected chi connectivity index (χ4v) is 1.21. The molecule has 0 radical (unpaired) electrons. The maximum absolute atomic E-state index is 8.65. The average molecular weight is 195 g/mol. The highest BCUT2D eigenvalue weighted by Gasteiger charge is 2.00. The zero-order valence-corrected chi connectivity index (χ0v) is 8.49. The van der Waals surface area contributed by atoms with Crippen LogP contribution in [-0.4, -0.2) is 24.9 Å². The molecule has 0 saturated heterocycles. The maximum atomic E-state index is 8.65. The van der Waals surface area contributed by atoms with Crippen molar-refractivity contribution in [2.75, 3.05) is 19.8 Å². The van der Waals surface area contributed by atoms with Gasteiger partial charge in [0.05, 0.1) is 6.61 Å². The lowest BCUT2D eigenvalue weighted by Crippen LogP contribution is -2.13. The van der Waals surface area contributed by atoms with Gasteiger partial charge in [0.15, 0.2) is 0 Å². The summed E-state index contributed by atoms with van der Waals surface area (Å²) in [6, 6.07) is 7.86.